The van der Waals surface area contributed by atoms with Crippen molar-refractivity contribution in [1.29, 1.82) is 0 Å². The minimum Gasteiger partial charge on any atom is -0.303 e. The lowest BCUT2D eigenvalue weighted by molar-refractivity contribution is 0.103. The summed E-state index contributed by atoms with van der Waals surface area (Å²) in [7, 11) is 0. The Kier molecular flexibility index (Phi) is 7.93. The Balaban J connectivity index is 1.07. The molecule has 3 atom stereocenters. The molecule has 2 saturated carbocycles. The molecule has 188 valence electrons. The standard InChI is InChI=1S/C30H48N4/c1-22-5-4-6-23(2)17-27(10-7-22)26-13-15-33(16-14-26)20-25-8-11-29(12-9-25)34-21-28-18-24(3)31-19-30(28)32-34/h18-19,21-23,25-27,29H,4-17,20H2,1-3H3. The van der Waals surface area contributed by atoms with Crippen LogP contribution in [0.4, 0.5) is 0 Å². The van der Waals surface area contributed by atoms with Crippen molar-refractivity contribution in [3.63, 3.8) is 0 Å². The van der Waals surface area contributed by atoms with Gasteiger partial charge in [0.25, 0.3) is 0 Å². The highest BCUT2D eigenvalue weighted by Gasteiger charge is 2.30. The van der Waals surface area contributed by atoms with Gasteiger partial charge in [-0.05, 0) is 107 Å². The summed E-state index contributed by atoms with van der Waals surface area (Å²) >= 11 is 0. The smallest absolute Gasteiger partial charge is 0.111 e. The lowest BCUT2D eigenvalue weighted by Gasteiger charge is -2.39. The van der Waals surface area contributed by atoms with Crippen LogP contribution in [0.3, 0.4) is 0 Å². The Labute approximate surface area is 207 Å². The number of hydrogen-bond acceptors (Lipinski definition) is 3. The number of pyridine rings is 1. The summed E-state index contributed by atoms with van der Waals surface area (Å²) in [4.78, 5) is 7.24. The number of hydrogen-bond donors (Lipinski definition) is 0. The van der Waals surface area contributed by atoms with Gasteiger partial charge in [0.05, 0.1) is 12.2 Å². The summed E-state index contributed by atoms with van der Waals surface area (Å²) in [5, 5.41) is 6.08. The quantitative estimate of drug-likeness (QED) is 0.472. The Morgan fingerprint density at radius 2 is 1.62 bits per heavy atom. The van der Waals surface area contributed by atoms with E-state index < -0.39 is 0 Å². The van der Waals surface area contributed by atoms with E-state index in [2.05, 4.69) is 47.6 Å². The molecule has 34 heavy (non-hydrogen) atoms. The number of likely N-dealkylation sites (tertiary alicyclic amines) is 1. The van der Waals surface area contributed by atoms with Crippen LogP contribution in [0.15, 0.2) is 18.5 Å². The summed E-state index contributed by atoms with van der Waals surface area (Å²) in [6, 6.07) is 2.73. The van der Waals surface area contributed by atoms with Gasteiger partial charge >= 0.3 is 0 Å². The van der Waals surface area contributed by atoms with E-state index in [9.17, 15) is 0 Å². The molecule has 2 aromatic heterocycles. The first-order valence-electron chi connectivity index (χ1n) is 14.6. The Morgan fingerprint density at radius 3 is 2.41 bits per heavy atom. The number of fused-ring (bicyclic) bond motifs is 1. The molecule has 5 rings (SSSR count). The maximum atomic E-state index is 4.84. The molecule has 2 aliphatic carbocycles. The summed E-state index contributed by atoms with van der Waals surface area (Å²) in [6.45, 7) is 11.1. The molecule has 3 aliphatic rings. The van der Waals surface area contributed by atoms with Crippen LogP contribution in [0, 0.1) is 36.5 Å². The van der Waals surface area contributed by atoms with Crippen LogP contribution < -0.4 is 0 Å². The van der Waals surface area contributed by atoms with Crippen LogP contribution in [0.25, 0.3) is 10.9 Å². The molecule has 3 heterocycles. The van der Waals surface area contributed by atoms with Crippen molar-refractivity contribution < 1.29 is 0 Å². The molecule has 0 amide bonds. The fourth-order valence-corrected chi connectivity index (χ4v) is 7.45. The maximum absolute atomic E-state index is 4.84. The Morgan fingerprint density at radius 1 is 0.853 bits per heavy atom. The van der Waals surface area contributed by atoms with Crippen LogP contribution in [0.2, 0.25) is 0 Å². The van der Waals surface area contributed by atoms with Crippen LogP contribution in [-0.4, -0.2) is 39.3 Å². The van der Waals surface area contributed by atoms with Gasteiger partial charge in [-0.15, -0.1) is 0 Å². The third-order valence-electron chi connectivity index (χ3n) is 9.68. The first-order chi connectivity index (χ1) is 16.5. The molecule has 0 spiro atoms. The lowest BCUT2D eigenvalue weighted by Crippen LogP contribution is -2.40. The van der Waals surface area contributed by atoms with Crippen molar-refractivity contribution in [2.24, 2.45) is 29.6 Å². The highest BCUT2D eigenvalue weighted by Crippen LogP contribution is 2.38. The molecule has 0 N–H and O–H groups in total. The van der Waals surface area contributed by atoms with Crippen molar-refractivity contribution in [3.05, 3.63) is 24.2 Å². The highest BCUT2D eigenvalue weighted by molar-refractivity contribution is 5.77. The third-order valence-corrected chi connectivity index (χ3v) is 9.68. The highest BCUT2D eigenvalue weighted by atomic mass is 15.3. The molecule has 4 nitrogen and oxygen atoms in total. The van der Waals surface area contributed by atoms with E-state index >= 15 is 0 Å². The number of aryl methyl sites for hydroxylation is 1. The minimum absolute atomic E-state index is 0.572. The second kappa shape index (κ2) is 11.1. The van der Waals surface area contributed by atoms with Gasteiger partial charge in [0.1, 0.15) is 5.52 Å². The summed E-state index contributed by atoms with van der Waals surface area (Å²) in [5.74, 6) is 4.76. The van der Waals surface area contributed by atoms with Crippen molar-refractivity contribution in [2.75, 3.05) is 19.6 Å². The van der Waals surface area contributed by atoms with Gasteiger partial charge in [-0.2, -0.15) is 5.10 Å². The minimum atomic E-state index is 0.572. The van der Waals surface area contributed by atoms with E-state index in [1.807, 2.05) is 6.20 Å². The Bertz CT molecular complexity index is 904. The van der Waals surface area contributed by atoms with Gasteiger partial charge in [0, 0.05) is 23.8 Å². The van der Waals surface area contributed by atoms with E-state index in [0.29, 0.717) is 6.04 Å². The van der Waals surface area contributed by atoms with Crippen LogP contribution in [-0.2, 0) is 0 Å². The molecule has 2 aromatic rings. The Hall–Kier alpha value is -1.42. The van der Waals surface area contributed by atoms with Gasteiger partial charge in [0.2, 0.25) is 0 Å². The second-order valence-corrected chi connectivity index (χ2v) is 12.5. The van der Waals surface area contributed by atoms with Gasteiger partial charge in [-0.3, -0.25) is 9.67 Å². The number of rotatable bonds is 4. The average molecular weight is 465 g/mol. The largest absolute Gasteiger partial charge is 0.303 e. The summed E-state index contributed by atoms with van der Waals surface area (Å²) in [6.07, 6.45) is 21.2. The van der Waals surface area contributed by atoms with E-state index in [1.54, 1.807) is 0 Å². The third kappa shape index (κ3) is 6.04. The first kappa shape index (κ1) is 24.3. The zero-order valence-corrected chi connectivity index (χ0v) is 22.1. The van der Waals surface area contributed by atoms with Gasteiger partial charge in [-0.1, -0.05) is 39.5 Å². The van der Waals surface area contributed by atoms with E-state index in [1.165, 1.54) is 102 Å². The first-order valence-corrected chi connectivity index (χ1v) is 14.6. The second-order valence-electron chi connectivity index (χ2n) is 12.5. The van der Waals surface area contributed by atoms with Crippen molar-refractivity contribution in [3.8, 4) is 0 Å². The molecular weight excluding hydrogens is 416 g/mol. The zero-order valence-electron chi connectivity index (χ0n) is 22.1. The SMILES string of the molecule is Cc1cc2cn(C3CCC(CN4CCC(C5CCC(C)CCCC(C)C5)CC4)CC3)nc2cn1. The predicted octanol–water partition coefficient (Wildman–Crippen LogP) is 7.43. The average Bonchev–Trinajstić information content (AvgIpc) is 3.28. The van der Waals surface area contributed by atoms with Gasteiger partial charge in [-0.25, -0.2) is 0 Å². The molecule has 4 heteroatoms. The number of aromatic nitrogens is 3. The summed E-state index contributed by atoms with van der Waals surface area (Å²) in [5.41, 5.74) is 2.12. The van der Waals surface area contributed by atoms with Gasteiger partial charge in [0.15, 0.2) is 0 Å². The monoisotopic (exact) mass is 464 g/mol. The molecule has 3 fully saturated rings. The fourth-order valence-electron chi connectivity index (χ4n) is 7.45. The topological polar surface area (TPSA) is 34.0 Å². The predicted molar refractivity (Wildman–Crippen MR) is 142 cm³/mol. The van der Waals surface area contributed by atoms with Crippen LogP contribution in [0.1, 0.15) is 103 Å². The van der Waals surface area contributed by atoms with E-state index in [-0.39, 0.29) is 0 Å². The fraction of sp³-hybridized carbons (Fsp3) is 0.800. The van der Waals surface area contributed by atoms with Crippen molar-refractivity contribution >= 4 is 10.9 Å². The molecule has 0 bridgehead atoms. The normalized spacial score (nSPS) is 32.9. The van der Waals surface area contributed by atoms with E-state index in [0.717, 1.165) is 40.8 Å². The van der Waals surface area contributed by atoms with Crippen molar-refractivity contribution in [1.82, 2.24) is 19.7 Å². The van der Waals surface area contributed by atoms with E-state index in [4.69, 9.17) is 5.10 Å². The van der Waals surface area contributed by atoms with Crippen molar-refractivity contribution in [2.45, 2.75) is 104 Å². The number of nitrogens with zero attached hydrogens (tertiary/aromatic N) is 4. The van der Waals surface area contributed by atoms with Crippen LogP contribution >= 0.6 is 0 Å². The van der Waals surface area contributed by atoms with Gasteiger partial charge < -0.3 is 4.90 Å². The summed E-state index contributed by atoms with van der Waals surface area (Å²) < 4.78 is 2.24. The molecule has 1 aliphatic heterocycles. The maximum Gasteiger partial charge on any atom is 0.111 e. The number of piperidine rings is 1. The lowest BCUT2D eigenvalue weighted by atomic mass is 9.76. The molecule has 1 saturated heterocycles. The molecular formula is C30H48N4. The van der Waals surface area contributed by atoms with Crippen LogP contribution in [0.5, 0.6) is 0 Å². The molecule has 0 radical (unpaired) electrons. The molecule has 3 unspecified atom stereocenters. The zero-order chi connectivity index (χ0) is 23.5. The molecule has 0 aromatic carbocycles.